The molecule has 5 nitrogen and oxygen atoms in total. The second kappa shape index (κ2) is 9.43. The molecule has 0 radical (unpaired) electrons. The molecular formula is C29H44O5. The molecule has 0 aromatic carbocycles. The van der Waals surface area contributed by atoms with E-state index in [9.17, 15) is 14.4 Å². The van der Waals surface area contributed by atoms with E-state index in [4.69, 9.17) is 9.47 Å². The highest BCUT2D eigenvalue weighted by Crippen LogP contribution is 2.68. The van der Waals surface area contributed by atoms with Crippen LogP contribution < -0.4 is 0 Å². The minimum Gasteiger partial charge on any atom is -0.469 e. The maximum atomic E-state index is 14.1. The summed E-state index contributed by atoms with van der Waals surface area (Å²) in [6.07, 6.45) is 10.6. The molecular weight excluding hydrogens is 428 g/mol. The molecule has 4 saturated carbocycles. The first-order chi connectivity index (χ1) is 16.1. The summed E-state index contributed by atoms with van der Waals surface area (Å²) in [6.45, 7) is 10.6. The van der Waals surface area contributed by atoms with E-state index in [0.717, 1.165) is 50.5 Å². The Morgan fingerprint density at radius 1 is 1.09 bits per heavy atom. The van der Waals surface area contributed by atoms with Crippen molar-refractivity contribution in [2.24, 2.45) is 46.3 Å². The van der Waals surface area contributed by atoms with Crippen LogP contribution in [0.25, 0.3) is 0 Å². The largest absolute Gasteiger partial charge is 0.469 e. The van der Waals surface area contributed by atoms with E-state index in [0.29, 0.717) is 35.9 Å². The second-order valence-corrected chi connectivity index (χ2v) is 12.2. The minimum absolute atomic E-state index is 0.0738. The van der Waals surface area contributed by atoms with E-state index in [2.05, 4.69) is 26.8 Å². The molecule has 9 atom stereocenters. The number of methoxy groups -OCH3 is 1. The van der Waals surface area contributed by atoms with E-state index in [1.165, 1.54) is 20.5 Å². The number of hydrogen-bond donors (Lipinski definition) is 0. The SMILES string of the molecule is C/C=C1\C(=O)[C@@H]2[C@H](CC[C@]3(C)[C@@H]([C@H](C)CCC(=O)OC)CC[C@@H]23)[C@@]2(C)CC[C@@H](OC(C)=O)C[C@@H]12. The topological polar surface area (TPSA) is 69.7 Å². The van der Waals surface area contributed by atoms with Gasteiger partial charge in [-0.3, -0.25) is 14.4 Å². The number of esters is 2. The zero-order valence-corrected chi connectivity index (χ0v) is 22.0. The van der Waals surface area contributed by atoms with E-state index >= 15 is 0 Å². The Morgan fingerprint density at radius 3 is 2.41 bits per heavy atom. The first-order valence-electron chi connectivity index (χ1n) is 13.5. The third-order valence-corrected chi connectivity index (χ3v) is 10.8. The van der Waals surface area contributed by atoms with Crippen LogP contribution in [0.4, 0.5) is 0 Å². The van der Waals surface area contributed by atoms with Crippen LogP contribution in [-0.4, -0.2) is 30.9 Å². The summed E-state index contributed by atoms with van der Waals surface area (Å²) in [7, 11) is 1.46. The van der Waals surface area contributed by atoms with Crippen molar-refractivity contribution in [1.82, 2.24) is 0 Å². The standard InChI is InChI=1S/C29H44O5/c1-7-20-24-16-19(34-18(3)30)12-14-29(24,5)23-13-15-28(4)21(17(2)8-11-25(31)33-6)9-10-22(28)26(23)27(20)32/h7,17,19,21-24,26H,8-16H2,1-6H3/b20-7-/t17-,19-,21-,22+,23+,24+,26+,28-,29-/m1/s1. The van der Waals surface area contributed by atoms with Crippen molar-refractivity contribution in [3.05, 3.63) is 11.6 Å². The second-order valence-electron chi connectivity index (χ2n) is 12.2. The molecule has 190 valence electrons. The van der Waals surface area contributed by atoms with Gasteiger partial charge >= 0.3 is 11.9 Å². The fourth-order valence-electron chi connectivity index (χ4n) is 9.14. The first-order valence-corrected chi connectivity index (χ1v) is 13.5. The van der Waals surface area contributed by atoms with Gasteiger partial charge in [-0.15, -0.1) is 0 Å². The number of ketones is 1. The summed E-state index contributed by atoms with van der Waals surface area (Å²) >= 11 is 0. The van der Waals surface area contributed by atoms with Crippen molar-refractivity contribution >= 4 is 17.7 Å². The van der Waals surface area contributed by atoms with Crippen molar-refractivity contribution in [3.63, 3.8) is 0 Å². The van der Waals surface area contributed by atoms with Gasteiger partial charge in [0.05, 0.1) is 7.11 Å². The van der Waals surface area contributed by atoms with Gasteiger partial charge in [0.1, 0.15) is 6.10 Å². The average Bonchev–Trinajstić information content (AvgIpc) is 3.15. The van der Waals surface area contributed by atoms with Gasteiger partial charge in [-0.1, -0.05) is 26.8 Å². The molecule has 0 heterocycles. The Morgan fingerprint density at radius 2 is 1.76 bits per heavy atom. The molecule has 4 rings (SSSR count). The maximum Gasteiger partial charge on any atom is 0.305 e. The van der Waals surface area contributed by atoms with Crippen molar-refractivity contribution in [2.45, 2.75) is 98.5 Å². The predicted octanol–water partition coefficient (Wildman–Crippen LogP) is 5.90. The van der Waals surface area contributed by atoms with Crippen LogP contribution in [-0.2, 0) is 23.9 Å². The molecule has 0 unspecified atom stereocenters. The zero-order valence-electron chi connectivity index (χ0n) is 22.0. The Labute approximate surface area is 205 Å². The van der Waals surface area contributed by atoms with Gasteiger partial charge in [-0.2, -0.15) is 0 Å². The summed E-state index contributed by atoms with van der Waals surface area (Å²) in [5.74, 6) is 2.15. The van der Waals surface area contributed by atoms with Gasteiger partial charge in [0, 0.05) is 19.3 Å². The first kappa shape index (κ1) is 25.4. The van der Waals surface area contributed by atoms with Crippen LogP contribution >= 0.6 is 0 Å². The highest BCUT2D eigenvalue weighted by molar-refractivity contribution is 5.99. The quantitative estimate of drug-likeness (QED) is 0.368. The molecule has 34 heavy (non-hydrogen) atoms. The number of hydrogen-bond acceptors (Lipinski definition) is 5. The lowest BCUT2D eigenvalue weighted by atomic mass is 9.43. The Hall–Kier alpha value is -1.65. The molecule has 0 aromatic heterocycles. The summed E-state index contributed by atoms with van der Waals surface area (Å²) in [5.41, 5.74) is 1.24. The summed E-state index contributed by atoms with van der Waals surface area (Å²) in [5, 5.41) is 0. The number of carbonyl (C=O) groups is 3. The van der Waals surface area contributed by atoms with E-state index in [-0.39, 0.29) is 40.7 Å². The Kier molecular flexibility index (Phi) is 7.05. The van der Waals surface area contributed by atoms with Gasteiger partial charge in [0.25, 0.3) is 0 Å². The molecule has 4 aliphatic carbocycles. The highest BCUT2D eigenvalue weighted by atomic mass is 16.5. The average molecular weight is 473 g/mol. The van der Waals surface area contributed by atoms with Crippen LogP contribution in [0.2, 0.25) is 0 Å². The Bertz CT molecular complexity index is 861. The normalized spacial score (nSPS) is 43.5. The van der Waals surface area contributed by atoms with Crippen LogP contribution in [0.5, 0.6) is 0 Å². The van der Waals surface area contributed by atoms with Gasteiger partial charge in [0.15, 0.2) is 5.78 Å². The van der Waals surface area contributed by atoms with Crippen LogP contribution in [0, 0.1) is 46.3 Å². The van der Waals surface area contributed by atoms with Crippen LogP contribution in [0.15, 0.2) is 11.6 Å². The van der Waals surface area contributed by atoms with Crippen molar-refractivity contribution < 1.29 is 23.9 Å². The van der Waals surface area contributed by atoms with Gasteiger partial charge in [-0.25, -0.2) is 0 Å². The van der Waals surface area contributed by atoms with Crippen molar-refractivity contribution in [2.75, 3.05) is 7.11 Å². The predicted molar refractivity (Wildman–Crippen MR) is 131 cm³/mol. The molecule has 0 saturated heterocycles. The summed E-state index contributed by atoms with van der Waals surface area (Å²) in [6, 6.07) is 0. The number of carbonyl (C=O) groups excluding carboxylic acids is 3. The smallest absolute Gasteiger partial charge is 0.305 e. The molecule has 0 aromatic rings. The zero-order chi connectivity index (χ0) is 24.8. The minimum atomic E-state index is -0.220. The van der Waals surface area contributed by atoms with E-state index < -0.39 is 0 Å². The molecule has 0 spiro atoms. The number of Topliss-reactive ketones (excluding diaryl/α,β-unsaturated/α-hetero) is 1. The number of fused-ring (bicyclic) bond motifs is 5. The summed E-state index contributed by atoms with van der Waals surface area (Å²) < 4.78 is 10.5. The third-order valence-electron chi connectivity index (χ3n) is 10.8. The molecule has 4 aliphatic rings. The van der Waals surface area contributed by atoms with Gasteiger partial charge in [-0.05, 0) is 104 Å². The Balaban J connectivity index is 1.59. The molecule has 5 heteroatoms. The van der Waals surface area contributed by atoms with Crippen molar-refractivity contribution in [1.29, 1.82) is 0 Å². The lowest BCUT2D eigenvalue weighted by molar-refractivity contribution is -0.160. The van der Waals surface area contributed by atoms with E-state index in [1.54, 1.807) is 0 Å². The number of ether oxygens (including phenoxy) is 2. The van der Waals surface area contributed by atoms with E-state index in [1.807, 2.05) is 6.92 Å². The number of allylic oxidation sites excluding steroid dienone is 2. The van der Waals surface area contributed by atoms with Crippen LogP contribution in [0.3, 0.4) is 0 Å². The number of rotatable bonds is 5. The fourth-order valence-corrected chi connectivity index (χ4v) is 9.14. The lowest BCUT2D eigenvalue weighted by Crippen LogP contribution is -2.58. The summed E-state index contributed by atoms with van der Waals surface area (Å²) in [4.78, 5) is 37.5. The van der Waals surface area contributed by atoms with Crippen molar-refractivity contribution in [3.8, 4) is 0 Å². The molecule has 0 aliphatic heterocycles. The third kappa shape index (κ3) is 4.05. The fraction of sp³-hybridized carbons (Fsp3) is 0.828. The van der Waals surface area contributed by atoms with Gasteiger partial charge in [0.2, 0.25) is 0 Å². The van der Waals surface area contributed by atoms with Crippen LogP contribution in [0.1, 0.15) is 92.4 Å². The molecule has 4 fully saturated rings. The molecule has 0 bridgehead atoms. The highest BCUT2D eigenvalue weighted by Gasteiger charge is 2.64. The lowest BCUT2D eigenvalue weighted by Gasteiger charge is -2.61. The maximum absolute atomic E-state index is 14.1. The molecule has 0 N–H and O–H groups in total. The molecule has 0 amide bonds. The monoisotopic (exact) mass is 472 g/mol. The van der Waals surface area contributed by atoms with Gasteiger partial charge < -0.3 is 9.47 Å².